The number of nitrogens with zero attached hydrogens (tertiary/aromatic N) is 1. The molecule has 2 rings (SSSR count). The molecule has 2 unspecified atom stereocenters. The summed E-state index contributed by atoms with van der Waals surface area (Å²) >= 11 is 11.9. The number of hydrogen-bond acceptors (Lipinski definition) is 3. The summed E-state index contributed by atoms with van der Waals surface area (Å²) in [4.78, 5) is 14.3. The van der Waals surface area contributed by atoms with E-state index in [9.17, 15) is 4.79 Å². The molecule has 1 fully saturated rings. The summed E-state index contributed by atoms with van der Waals surface area (Å²) in [6.07, 6.45) is 1.54. The van der Waals surface area contributed by atoms with E-state index >= 15 is 0 Å². The summed E-state index contributed by atoms with van der Waals surface area (Å²) < 4.78 is 5.68. The molecule has 21 heavy (non-hydrogen) atoms. The molecule has 1 aromatic rings. The minimum Gasteiger partial charge on any atom is -0.481 e. The topological polar surface area (TPSA) is 41.6 Å². The van der Waals surface area contributed by atoms with Crippen LogP contribution in [0.3, 0.4) is 0 Å². The number of nitrogens with one attached hydrogen (secondary N) is 1. The molecule has 2 atom stereocenters. The van der Waals surface area contributed by atoms with Crippen LogP contribution in [0, 0.1) is 0 Å². The van der Waals surface area contributed by atoms with Crippen molar-refractivity contribution in [3.05, 3.63) is 28.2 Å². The van der Waals surface area contributed by atoms with Gasteiger partial charge in [-0.25, -0.2) is 0 Å². The van der Waals surface area contributed by atoms with Crippen LogP contribution in [0.1, 0.15) is 19.8 Å². The van der Waals surface area contributed by atoms with E-state index in [4.69, 9.17) is 27.9 Å². The Morgan fingerprint density at radius 1 is 1.38 bits per heavy atom. The van der Waals surface area contributed by atoms with Gasteiger partial charge in [0.25, 0.3) is 5.91 Å². The van der Waals surface area contributed by atoms with Crippen LogP contribution >= 0.6 is 23.2 Å². The van der Waals surface area contributed by atoms with E-state index in [0.717, 1.165) is 25.9 Å². The Kier molecular flexibility index (Phi) is 5.73. The second-order valence-electron chi connectivity index (χ2n) is 5.28. The number of likely N-dealkylation sites (N-methyl/N-ethyl adjacent to an activating group) is 1. The molecule has 1 heterocycles. The van der Waals surface area contributed by atoms with Gasteiger partial charge < -0.3 is 15.0 Å². The Labute approximate surface area is 135 Å². The summed E-state index contributed by atoms with van der Waals surface area (Å²) in [5.74, 6) is 0.501. The first-order valence-corrected chi connectivity index (χ1v) is 7.84. The maximum absolute atomic E-state index is 12.4. The highest BCUT2D eigenvalue weighted by Crippen LogP contribution is 2.25. The van der Waals surface area contributed by atoms with Crippen LogP contribution in [0.5, 0.6) is 5.75 Å². The maximum Gasteiger partial charge on any atom is 0.263 e. The lowest BCUT2D eigenvalue weighted by atomic mass is 10.1. The van der Waals surface area contributed by atoms with Gasteiger partial charge in [-0.15, -0.1) is 0 Å². The Hall–Kier alpha value is -0.970. The van der Waals surface area contributed by atoms with Gasteiger partial charge in [0.1, 0.15) is 5.75 Å². The third-order valence-corrected chi connectivity index (χ3v) is 4.07. The number of rotatable bonds is 4. The predicted octanol–water partition coefficient (Wildman–Crippen LogP) is 2.97. The number of carbonyl (C=O) groups excluding carboxylic acids is 1. The van der Waals surface area contributed by atoms with E-state index in [0.29, 0.717) is 21.8 Å². The molecule has 1 aliphatic rings. The van der Waals surface area contributed by atoms with Gasteiger partial charge in [0, 0.05) is 29.2 Å². The second kappa shape index (κ2) is 7.34. The van der Waals surface area contributed by atoms with Crippen LogP contribution in [0.15, 0.2) is 18.2 Å². The highest BCUT2D eigenvalue weighted by molar-refractivity contribution is 6.34. The summed E-state index contributed by atoms with van der Waals surface area (Å²) in [5.41, 5.74) is 0. The van der Waals surface area contributed by atoms with Crippen molar-refractivity contribution in [2.24, 2.45) is 0 Å². The van der Waals surface area contributed by atoms with Crippen molar-refractivity contribution in [3.63, 3.8) is 0 Å². The first-order chi connectivity index (χ1) is 9.99. The second-order valence-corrected chi connectivity index (χ2v) is 6.15. The van der Waals surface area contributed by atoms with Gasteiger partial charge in [-0.3, -0.25) is 4.79 Å². The molecule has 1 aromatic carbocycles. The van der Waals surface area contributed by atoms with E-state index in [1.165, 1.54) is 0 Å². The molecule has 116 valence electrons. The molecule has 1 saturated heterocycles. The van der Waals surface area contributed by atoms with Crippen molar-refractivity contribution in [2.45, 2.75) is 31.9 Å². The molecule has 0 aliphatic carbocycles. The third kappa shape index (κ3) is 4.50. The van der Waals surface area contributed by atoms with Gasteiger partial charge in [0.2, 0.25) is 0 Å². The summed E-state index contributed by atoms with van der Waals surface area (Å²) in [5, 5.41) is 4.20. The highest BCUT2D eigenvalue weighted by atomic mass is 35.5. The van der Waals surface area contributed by atoms with Crippen molar-refractivity contribution in [2.75, 3.05) is 20.1 Å². The van der Waals surface area contributed by atoms with Crippen molar-refractivity contribution in [1.82, 2.24) is 10.2 Å². The van der Waals surface area contributed by atoms with Gasteiger partial charge in [-0.1, -0.05) is 23.2 Å². The van der Waals surface area contributed by atoms with Crippen molar-refractivity contribution in [3.8, 4) is 5.75 Å². The fourth-order valence-electron chi connectivity index (χ4n) is 2.52. The minimum atomic E-state index is -0.560. The maximum atomic E-state index is 12.4. The smallest absolute Gasteiger partial charge is 0.263 e. The molecule has 6 heteroatoms. The molecular formula is C15H20Cl2N2O2. The number of amides is 1. The number of carbonyl (C=O) groups is 1. The van der Waals surface area contributed by atoms with Crippen molar-refractivity contribution < 1.29 is 9.53 Å². The first kappa shape index (κ1) is 16.4. The van der Waals surface area contributed by atoms with Gasteiger partial charge in [0.15, 0.2) is 6.10 Å². The number of piperidine rings is 1. The van der Waals surface area contributed by atoms with Crippen LogP contribution in [-0.4, -0.2) is 43.1 Å². The van der Waals surface area contributed by atoms with E-state index < -0.39 is 6.10 Å². The number of hydrogen-bond donors (Lipinski definition) is 1. The Morgan fingerprint density at radius 2 is 2.05 bits per heavy atom. The minimum absolute atomic E-state index is 0.00829. The summed E-state index contributed by atoms with van der Waals surface area (Å²) in [6, 6.07) is 5.30. The Bertz CT molecular complexity index is 490. The zero-order valence-electron chi connectivity index (χ0n) is 12.2. The van der Waals surface area contributed by atoms with Gasteiger partial charge in [0.05, 0.1) is 0 Å². The van der Waals surface area contributed by atoms with Crippen molar-refractivity contribution >= 4 is 29.1 Å². The molecule has 1 amide bonds. The molecule has 0 aromatic heterocycles. The molecule has 1 N–H and O–H groups in total. The molecule has 0 radical (unpaired) electrons. The number of halogens is 2. The monoisotopic (exact) mass is 330 g/mol. The summed E-state index contributed by atoms with van der Waals surface area (Å²) in [6.45, 7) is 3.25. The number of ether oxygens (including phenoxy) is 1. The largest absolute Gasteiger partial charge is 0.481 e. The Morgan fingerprint density at radius 3 is 2.67 bits per heavy atom. The lowest BCUT2D eigenvalue weighted by Gasteiger charge is -2.34. The average Bonchev–Trinajstić information content (AvgIpc) is 2.45. The molecule has 4 nitrogen and oxygen atoms in total. The standard InChI is InChI=1S/C15H20Cl2N2O2/c1-10(21-14-7-11(16)6-12(17)8-14)15(20)19-5-3-4-13(9-19)18-2/h6-8,10,13,18H,3-5,9H2,1-2H3. The average molecular weight is 331 g/mol. The van der Waals surface area contributed by atoms with Crippen LogP contribution in [-0.2, 0) is 4.79 Å². The van der Waals surface area contributed by atoms with E-state index in [2.05, 4.69) is 5.32 Å². The lowest BCUT2D eigenvalue weighted by Crippen LogP contribution is -2.50. The normalized spacial score (nSPS) is 20.2. The van der Waals surface area contributed by atoms with E-state index in [1.807, 2.05) is 11.9 Å². The number of benzene rings is 1. The molecule has 0 bridgehead atoms. The SMILES string of the molecule is CNC1CCCN(C(=O)C(C)Oc2cc(Cl)cc(Cl)c2)C1. The van der Waals surface area contributed by atoms with Crippen LogP contribution in [0.25, 0.3) is 0 Å². The van der Waals surface area contributed by atoms with E-state index in [-0.39, 0.29) is 5.91 Å². The van der Waals surface area contributed by atoms with E-state index in [1.54, 1.807) is 25.1 Å². The lowest BCUT2D eigenvalue weighted by molar-refractivity contribution is -0.139. The fraction of sp³-hybridized carbons (Fsp3) is 0.533. The van der Waals surface area contributed by atoms with Gasteiger partial charge in [-0.05, 0) is 45.0 Å². The van der Waals surface area contributed by atoms with Crippen molar-refractivity contribution in [1.29, 1.82) is 0 Å². The van der Waals surface area contributed by atoms with Crippen LogP contribution in [0.4, 0.5) is 0 Å². The zero-order chi connectivity index (χ0) is 15.4. The van der Waals surface area contributed by atoms with Gasteiger partial charge >= 0.3 is 0 Å². The first-order valence-electron chi connectivity index (χ1n) is 7.08. The zero-order valence-corrected chi connectivity index (χ0v) is 13.7. The van der Waals surface area contributed by atoms with Gasteiger partial charge in [-0.2, -0.15) is 0 Å². The Balaban J connectivity index is 1.98. The van der Waals surface area contributed by atoms with Crippen LogP contribution < -0.4 is 10.1 Å². The molecule has 0 spiro atoms. The summed E-state index contributed by atoms with van der Waals surface area (Å²) in [7, 11) is 1.92. The highest BCUT2D eigenvalue weighted by Gasteiger charge is 2.27. The fourth-order valence-corrected chi connectivity index (χ4v) is 3.03. The third-order valence-electron chi connectivity index (χ3n) is 3.64. The number of likely N-dealkylation sites (tertiary alicyclic amines) is 1. The quantitative estimate of drug-likeness (QED) is 0.922. The molecular weight excluding hydrogens is 311 g/mol. The molecule has 0 saturated carbocycles. The molecule has 1 aliphatic heterocycles. The van der Waals surface area contributed by atoms with Crippen LogP contribution in [0.2, 0.25) is 10.0 Å². The predicted molar refractivity (Wildman–Crippen MR) is 85.2 cm³/mol.